The van der Waals surface area contributed by atoms with E-state index in [4.69, 9.17) is 4.52 Å². The molecule has 0 aromatic carbocycles. The summed E-state index contributed by atoms with van der Waals surface area (Å²) in [6.07, 6.45) is 7.34. The Morgan fingerprint density at radius 3 is 3.23 bits per heavy atom. The number of amides is 1. The van der Waals surface area contributed by atoms with E-state index < -0.39 is 0 Å². The van der Waals surface area contributed by atoms with Crippen molar-refractivity contribution in [3.8, 4) is 0 Å². The molecule has 118 valence electrons. The van der Waals surface area contributed by atoms with Crippen LogP contribution in [0, 0.1) is 5.92 Å². The molecule has 0 saturated heterocycles. The fourth-order valence-electron chi connectivity index (χ4n) is 2.74. The zero-order valence-electron chi connectivity index (χ0n) is 12.5. The molecule has 2 heterocycles. The second kappa shape index (κ2) is 6.64. The van der Waals surface area contributed by atoms with Gasteiger partial charge >= 0.3 is 0 Å². The van der Waals surface area contributed by atoms with E-state index in [0.29, 0.717) is 18.2 Å². The van der Waals surface area contributed by atoms with Gasteiger partial charge in [-0.25, -0.2) is 0 Å². The summed E-state index contributed by atoms with van der Waals surface area (Å²) in [6, 6.07) is 0. The number of aromatic nitrogens is 3. The molecule has 1 amide bonds. The fourth-order valence-corrected chi connectivity index (χ4v) is 3.07. The average Bonchev–Trinajstić information content (AvgIpc) is 3.09. The molecule has 1 aliphatic rings. The Kier molecular flexibility index (Phi) is 4.61. The minimum atomic E-state index is -0.138. The predicted octanol–water partition coefficient (Wildman–Crippen LogP) is 2.58. The Labute approximate surface area is 137 Å². The van der Waals surface area contributed by atoms with Gasteiger partial charge < -0.3 is 9.84 Å². The zero-order chi connectivity index (χ0) is 15.5. The monoisotopic (exact) mass is 366 g/mol. The van der Waals surface area contributed by atoms with Crippen LogP contribution in [0.5, 0.6) is 0 Å². The van der Waals surface area contributed by atoms with Gasteiger partial charge in [0, 0.05) is 31.3 Å². The molecule has 0 aliphatic heterocycles. The first-order valence-electron chi connectivity index (χ1n) is 7.57. The second-order valence-electron chi connectivity index (χ2n) is 5.81. The lowest BCUT2D eigenvalue weighted by atomic mass is 9.88. The van der Waals surface area contributed by atoms with Crippen molar-refractivity contribution >= 4 is 21.8 Å². The highest BCUT2D eigenvalue weighted by atomic mass is 79.9. The highest BCUT2D eigenvalue weighted by molar-refractivity contribution is 9.10. The van der Waals surface area contributed by atoms with E-state index in [0.717, 1.165) is 48.0 Å². The number of rotatable bonds is 5. The Morgan fingerprint density at radius 1 is 1.59 bits per heavy atom. The van der Waals surface area contributed by atoms with Crippen molar-refractivity contribution in [2.45, 2.75) is 39.2 Å². The summed E-state index contributed by atoms with van der Waals surface area (Å²) in [4.78, 5) is 12.2. The summed E-state index contributed by atoms with van der Waals surface area (Å²) in [6.45, 7) is 3.55. The smallest absolute Gasteiger partial charge is 0.273 e. The Balaban J connectivity index is 1.51. The molecule has 2 aromatic rings. The number of aryl methyl sites for hydroxylation is 2. The van der Waals surface area contributed by atoms with Crippen LogP contribution in [-0.2, 0) is 19.4 Å². The first-order chi connectivity index (χ1) is 10.6. The normalized spacial score (nSPS) is 17.3. The number of hydrogen-bond donors (Lipinski definition) is 1. The number of nitrogens with zero attached hydrogens (tertiary/aromatic N) is 3. The SMILES string of the molecule is CC1CCc2onc(C(=O)NCCCn3cc(Br)cn3)c2C1. The van der Waals surface area contributed by atoms with Crippen molar-refractivity contribution < 1.29 is 9.32 Å². The van der Waals surface area contributed by atoms with E-state index >= 15 is 0 Å². The number of carbonyl (C=O) groups excluding carboxylic acids is 1. The largest absolute Gasteiger partial charge is 0.360 e. The molecule has 1 aliphatic carbocycles. The van der Waals surface area contributed by atoms with E-state index in [1.54, 1.807) is 6.20 Å². The van der Waals surface area contributed by atoms with Gasteiger partial charge in [0.2, 0.25) is 0 Å². The number of hydrogen-bond acceptors (Lipinski definition) is 4. The maximum atomic E-state index is 12.2. The Morgan fingerprint density at radius 2 is 2.45 bits per heavy atom. The topological polar surface area (TPSA) is 73.0 Å². The molecule has 7 heteroatoms. The van der Waals surface area contributed by atoms with Crippen molar-refractivity contribution in [2.24, 2.45) is 5.92 Å². The van der Waals surface area contributed by atoms with Crippen LogP contribution in [0.4, 0.5) is 0 Å². The van der Waals surface area contributed by atoms with Crippen LogP contribution in [0.15, 0.2) is 21.4 Å². The summed E-state index contributed by atoms with van der Waals surface area (Å²) in [5, 5.41) is 11.1. The third-order valence-electron chi connectivity index (χ3n) is 3.95. The van der Waals surface area contributed by atoms with Gasteiger partial charge in [0.1, 0.15) is 5.76 Å². The molecule has 0 bridgehead atoms. The first kappa shape index (κ1) is 15.3. The number of nitrogens with one attached hydrogen (secondary N) is 1. The second-order valence-corrected chi connectivity index (χ2v) is 6.73. The fraction of sp³-hybridized carbons (Fsp3) is 0.533. The van der Waals surface area contributed by atoms with Gasteiger partial charge in [-0.05, 0) is 41.1 Å². The molecule has 6 nitrogen and oxygen atoms in total. The van der Waals surface area contributed by atoms with Gasteiger partial charge in [-0.3, -0.25) is 9.48 Å². The molecule has 1 unspecified atom stereocenters. The lowest BCUT2D eigenvalue weighted by Crippen LogP contribution is -2.27. The van der Waals surface area contributed by atoms with Crippen LogP contribution in [0.3, 0.4) is 0 Å². The first-order valence-corrected chi connectivity index (χ1v) is 8.36. The van der Waals surface area contributed by atoms with Gasteiger partial charge in [0.25, 0.3) is 5.91 Å². The lowest BCUT2D eigenvalue weighted by Gasteiger charge is -2.16. The number of halogens is 1. The van der Waals surface area contributed by atoms with Crippen LogP contribution < -0.4 is 5.32 Å². The summed E-state index contributed by atoms with van der Waals surface area (Å²) >= 11 is 3.36. The maximum Gasteiger partial charge on any atom is 0.273 e. The molecule has 0 radical (unpaired) electrons. The minimum absolute atomic E-state index is 0.138. The van der Waals surface area contributed by atoms with E-state index in [9.17, 15) is 4.79 Å². The summed E-state index contributed by atoms with van der Waals surface area (Å²) in [5.74, 6) is 1.32. The van der Waals surface area contributed by atoms with E-state index in [1.165, 1.54) is 0 Å². The van der Waals surface area contributed by atoms with E-state index in [2.05, 4.69) is 38.4 Å². The third-order valence-corrected chi connectivity index (χ3v) is 4.36. The van der Waals surface area contributed by atoms with E-state index in [1.807, 2.05) is 10.9 Å². The van der Waals surface area contributed by atoms with Crippen molar-refractivity contribution in [3.05, 3.63) is 33.9 Å². The summed E-state index contributed by atoms with van der Waals surface area (Å²) in [7, 11) is 0. The Bertz CT molecular complexity index is 664. The van der Waals surface area contributed by atoms with Crippen LogP contribution >= 0.6 is 15.9 Å². The highest BCUT2D eigenvalue weighted by Gasteiger charge is 2.26. The minimum Gasteiger partial charge on any atom is -0.360 e. The molecule has 22 heavy (non-hydrogen) atoms. The number of carbonyl (C=O) groups is 1. The quantitative estimate of drug-likeness (QED) is 0.825. The van der Waals surface area contributed by atoms with Crippen molar-refractivity contribution in [3.63, 3.8) is 0 Å². The molecular formula is C15H19BrN4O2. The summed E-state index contributed by atoms with van der Waals surface area (Å²) in [5.41, 5.74) is 1.45. The van der Waals surface area contributed by atoms with Crippen LogP contribution in [0.25, 0.3) is 0 Å². The van der Waals surface area contributed by atoms with E-state index in [-0.39, 0.29) is 5.91 Å². The lowest BCUT2D eigenvalue weighted by molar-refractivity contribution is 0.0942. The van der Waals surface area contributed by atoms with Gasteiger partial charge in [0.05, 0.1) is 10.7 Å². The molecule has 0 spiro atoms. The third kappa shape index (κ3) is 3.40. The predicted molar refractivity (Wildman–Crippen MR) is 84.6 cm³/mol. The Hall–Kier alpha value is -1.63. The van der Waals surface area contributed by atoms with Crippen molar-refractivity contribution in [2.75, 3.05) is 6.54 Å². The molecule has 1 atom stereocenters. The number of fused-ring (bicyclic) bond motifs is 1. The maximum absolute atomic E-state index is 12.2. The highest BCUT2D eigenvalue weighted by Crippen LogP contribution is 2.27. The van der Waals surface area contributed by atoms with Gasteiger partial charge in [-0.2, -0.15) is 5.10 Å². The molecule has 0 fully saturated rings. The van der Waals surface area contributed by atoms with Gasteiger partial charge in [-0.1, -0.05) is 12.1 Å². The molecule has 1 N–H and O–H groups in total. The molecule has 2 aromatic heterocycles. The molecule has 3 rings (SSSR count). The summed E-state index contributed by atoms with van der Waals surface area (Å²) < 4.78 is 8.11. The van der Waals surface area contributed by atoms with Crippen molar-refractivity contribution in [1.29, 1.82) is 0 Å². The van der Waals surface area contributed by atoms with Gasteiger partial charge in [0.15, 0.2) is 5.69 Å². The standard InChI is InChI=1S/C15H19BrN4O2/c1-10-3-4-13-12(7-10)14(19-22-13)15(21)17-5-2-6-20-9-11(16)8-18-20/h8-10H,2-7H2,1H3,(H,17,21). The molecular weight excluding hydrogens is 348 g/mol. The van der Waals surface area contributed by atoms with Crippen molar-refractivity contribution in [1.82, 2.24) is 20.3 Å². The zero-order valence-corrected chi connectivity index (χ0v) is 14.1. The van der Waals surface area contributed by atoms with Crippen LogP contribution in [0.1, 0.15) is 41.6 Å². The van der Waals surface area contributed by atoms with Crippen LogP contribution in [-0.4, -0.2) is 27.4 Å². The molecule has 0 saturated carbocycles. The average molecular weight is 367 g/mol. The van der Waals surface area contributed by atoms with Gasteiger partial charge in [-0.15, -0.1) is 0 Å². The van der Waals surface area contributed by atoms with Crippen LogP contribution in [0.2, 0.25) is 0 Å².